The van der Waals surface area contributed by atoms with Gasteiger partial charge in [0, 0.05) is 4.91 Å². The summed E-state index contributed by atoms with van der Waals surface area (Å²) in [5, 5.41) is 1.47. The molecule has 0 saturated carbocycles. The molecule has 13 heavy (non-hydrogen) atoms. The summed E-state index contributed by atoms with van der Waals surface area (Å²) in [7, 11) is 0. The summed E-state index contributed by atoms with van der Waals surface area (Å²) in [6.07, 6.45) is 0. The highest BCUT2D eigenvalue weighted by Crippen LogP contribution is 2.55. The summed E-state index contributed by atoms with van der Waals surface area (Å²) in [6.45, 7) is 11.2. The lowest BCUT2D eigenvalue weighted by Gasteiger charge is -2.04. The van der Waals surface area contributed by atoms with E-state index >= 15 is 0 Å². The molecule has 0 aromatic heterocycles. The van der Waals surface area contributed by atoms with Gasteiger partial charge in [-0.25, -0.2) is 0 Å². The minimum absolute atomic E-state index is 1.47. The van der Waals surface area contributed by atoms with Gasteiger partial charge in [0.25, 0.3) is 0 Å². The van der Waals surface area contributed by atoms with Crippen molar-refractivity contribution in [3.63, 3.8) is 0 Å². The van der Waals surface area contributed by atoms with E-state index in [9.17, 15) is 0 Å². The number of allylic oxidation sites excluding steroid dienone is 4. The SMILES string of the molecule is C[C]1SC2=C(C)C(C)=C(C)C2=C1C. The standard InChI is InChI=1S/C12H15S/c1-6-7(2)11-9(4)10(5)13-12(11)8(6)3/h1-5H3. The Bertz CT molecular complexity index is 367. The molecule has 2 aliphatic rings. The van der Waals surface area contributed by atoms with E-state index in [4.69, 9.17) is 0 Å². The van der Waals surface area contributed by atoms with E-state index in [0.717, 1.165) is 0 Å². The van der Waals surface area contributed by atoms with Crippen LogP contribution in [0.25, 0.3) is 0 Å². The van der Waals surface area contributed by atoms with E-state index in [2.05, 4.69) is 34.6 Å². The Morgan fingerprint density at radius 1 is 0.692 bits per heavy atom. The van der Waals surface area contributed by atoms with Gasteiger partial charge in [-0.3, -0.25) is 0 Å². The zero-order valence-corrected chi connectivity index (χ0v) is 9.72. The molecule has 1 aliphatic heterocycles. The van der Waals surface area contributed by atoms with Crippen molar-refractivity contribution in [1.29, 1.82) is 0 Å². The molecule has 0 N–H and O–H groups in total. The molecule has 0 fully saturated rings. The van der Waals surface area contributed by atoms with Crippen LogP contribution in [0.15, 0.2) is 32.8 Å². The Morgan fingerprint density at radius 2 is 1.31 bits per heavy atom. The van der Waals surface area contributed by atoms with E-state index in [1.165, 1.54) is 38.0 Å². The summed E-state index contributed by atoms with van der Waals surface area (Å²) in [5.41, 5.74) is 7.43. The van der Waals surface area contributed by atoms with E-state index in [0.29, 0.717) is 0 Å². The number of rotatable bonds is 0. The molecule has 0 nitrogen and oxygen atoms in total. The lowest BCUT2D eigenvalue weighted by molar-refractivity contribution is 1.25. The van der Waals surface area contributed by atoms with Crippen molar-refractivity contribution in [2.75, 3.05) is 0 Å². The van der Waals surface area contributed by atoms with Crippen LogP contribution >= 0.6 is 11.8 Å². The molecule has 0 unspecified atom stereocenters. The quantitative estimate of drug-likeness (QED) is 0.552. The average Bonchev–Trinajstić information content (AvgIpc) is 2.48. The van der Waals surface area contributed by atoms with Crippen LogP contribution in [-0.4, -0.2) is 0 Å². The van der Waals surface area contributed by atoms with Crippen LogP contribution in [0.5, 0.6) is 0 Å². The van der Waals surface area contributed by atoms with Gasteiger partial charge in [0.15, 0.2) is 0 Å². The zero-order valence-electron chi connectivity index (χ0n) is 8.91. The third kappa shape index (κ3) is 1.06. The van der Waals surface area contributed by atoms with E-state index in [1.807, 2.05) is 11.8 Å². The van der Waals surface area contributed by atoms with Crippen LogP contribution in [0.4, 0.5) is 0 Å². The number of thioether (sulfide) groups is 1. The van der Waals surface area contributed by atoms with Crippen LogP contribution in [-0.2, 0) is 0 Å². The van der Waals surface area contributed by atoms with E-state index in [-0.39, 0.29) is 0 Å². The van der Waals surface area contributed by atoms with Gasteiger partial charge in [0.1, 0.15) is 0 Å². The van der Waals surface area contributed by atoms with Crippen molar-refractivity contribution < 1.29 is 0 Å². The topological polar surface area (TPSA) is 0 Å². The maximum absolute atomic E-state index is 2.24. The maximum Gasteiger partial charge on any atom is 0.0579 e. The highest BCUT2D eigenvalue weighted by Gasteiger charge is 2.32. The highest BCUT2D eigenvalue weighted by molar-refractivity contribution is 8.06. The van der Waals surface area contributed by atoms with Gasteiger partial charge >= 0.3 is 0 Å². The molecule has 0 aromatic rings. The van der Waals surface area contributed by atoms with Gasteiger partial charge in [0.05, 0.1) is 5.25 Å². The zero-order chi connectivity index (χ0) is 9.75. The first-order chi connectivity index (χ1) is 6.04. The predicted octanol–water partition coefficient (Wildman–Crippen LogP) is 4.23. The van der Waals surface area contributed by atoms with Crippen molar-refractivity contribution in [3.8, 4) is 0 Å². The molecule has 1 heteroatoms. The number of hydrogen-bond donors (Lipinski definition) is 0. The van der Waals surface area contributed by atoms with Gasteiger partial charge in [0.2, 0.25) is 0 Å². The molecule has 2 rings (SSSR count). The highest BCUT2D eigenvalue weighted by atomic mass is 32.2. The van der Waals surface area contributed by atoms with Crippen molar-refractivity contribution in [2.24, 2.45) is 0 Å². The van der Waals surface area contributed by atoms with Gasteiger partial charge in [-0.05, 0) is 62.5 Å². The Labute approximate surface area is 84.8 Å². The van der Waals surface area contributed by atoms with Crippen LogP contribution in [0.1, 0.15) is 34.6 Å². The fourth-order valence-electron chi connectivity index (χ4n) is 1.98. The maximum atomic E-state index is 2.24. The third-order valence-corrected chi connectivity index (χ3v) is 4.55. The van der Waals surface area contributed by atoms with E-state index < -0.39 is 0 Å². The van der Waals surface area contributed by atoms with Crippen LogP contribution in [0.3, 0.4) is 0 Å². The Hall–Kier alpha value is -0.430. The lowest BCUT2D eigenvalue weighted by atomic mass is 10.0. The molecule has 0 bridgehead atoms. The second kappa shape index (κ2) is 2.78. The fourth-order valence-corrected chi connectivity index (χ4v) is 3.26. The van der Waals surface area contributed by atoms with Crippen molar-refractivity contribution >= 4 is 11.8 Å². The summed E-state index contributed by atoms with van der Waals surface area (Å²) >= 11 is 1.94. The second-order valence-corrected chi connectivity index (χ2v) is 5.09. The Kier molecular flexibility index (Phi) is 1.95. The summed E-state index contributed by atoms with van der Waals surface area (Å²) in [4.78, 5) is 1.50. The molecule has 1 heterocycles. The van der Waals surface area contributed by atoms with Crippen molar-refractivity contribution in [3.05, 3.63) is 38.0 Å². The normalized spacial score (nSPS) is 23.8. The first-order valence-electron chi connectivity index (χ1n) is 4.66. The molecule has 1 radical (unpaired) electrons. The molecule has 1 aliphatic carbocycles. The fraction of sp³-hybridized carbons (Fsp3) is 0.417. The van der Waals surface area contributed by atoms with Gasteiger partial charge in [-0.15, -0.1) is 11.8 Å². The number of fused-ring (bicyclic) bond motifs is 1. The molecule has 0 spiro atoms. The Balaban J connectivity index is 2.64. The molecule has 0 amide bonds. The molecule has 0 atom stereocenters. The van der Waals surface area contributed by atoms with Crippen LogP contribution < -0.4 is 0 Å². The molecule has 0 saturated heterocycles. The van der Waals surface area contributed by atoms with Gasteiger partial charge in [-0.1, -0.05) is 0 Å². The first kappa shape index (κ1) is 9.14. The van der Waals surface area contributed by atoms with Crippen LogP contribution in [0.2, 0.25) is 0 Å². The molecular formula is C12H15S. The van der Waals surface area contributed by atoms with Crippen molar-refractivity contribution in [2.45, 2.75) is 34.6 Å². The minimum atomic E-state index is 1.47. The summed E-state index contributed by atoms with van der Waals surface area (Å²) < 4.78 is 0. The number of hydrogen-bond acceptors (Lipinski definition) is 1. The lowest BCUT2D eigenvalue weighted by Crippen LogP contribution is -1.85. The monoisotopic (exact) mass is 191 g/mol. The van der Waals surface area contributed by atoms with Gasteiger partial charge < -0.3 is 0 Å². The summed E-state index contributed by atoms with van der Waals surface area (Å²) in [6, 6.07) is 0. The predicted molar refractivity (Wildman–Crippen MR) is 60.3 cm³/mol. The van der Waals surface area contributed by atoms with Gasteiger partial charge in [-0.2, -0.15) is 0 Å². The molecule has 0 aromatic carbocycles. The third-order valence-electron chi connectivity index (χ3n) is 3.23. The van der Waals surface area contributed by atoms with Crippen LogP contribution in [0, 0.1) is 5.25 Å². The smallest absolute Gasteiger partial charge is 0.0579 e. The summed E-state index contributed by atoms with van der Waals surface area (Å²) in [5.74, 6) is 0. The second-order valence-electron chi connectivity index (χ2n) is 3.86. The van der Waals surface area contributed by atoms with Crippen molar-refractivity contribution in [1.82, 2.24) is 0 Å². The average molecular weight is 191 g/mol. The largest absolute Gasteiger partial charge is 0.112 e. The first-order valence-corrected chi connectivity index (χ1v) is 5.47. The molecular weight excluding hydrogens is 176 g/mol. The Morgan fingerprint density at radius 3 is 1.85 bits per heavy atom. The minimum Gasteiger partial charge on any atom is -0.112 e. The molecule has 69 valence electrons. The van der Waals surface area contributed by atoms with E-state index in [1.54, 1.807) is 0 Å².